The van der Waals surface area contributed by atoms with Crippen LogP contribution in [0.25, 0.3) is 0 Å². The third-order valence-corrected chi connectivity index (χ3v) is 5.53. The van der Waals surface area contributed by atoms with E-state index in [9.17, 15) is 15.0 Å². The van der Waals surface area contributed by atoms with E-state index in [-0.39, 0.29) is 5.92 Å². The van der Waals surface area contributed by atoms with Gasteiger partial charge in [-0.2, -0.15) is 0 Å². The van der Waals surface area contributed by atoms with Gasteiger partial charge in [0.15, 0.2) is 0 Å². The van der Waals surface area contributed by atoms with Crippen LogP contribution >= 0.6 is 0 Å². The second-order valence-corrected chi connectivity index (χ2v) is 7.50. The van der Waals surface area contributed by atoms with Crippen molar-refractivity contribution in [1.29, 1.82) is 0 Å². The number of ether oxygens (including phenoxy) is 1. The van der Waals surface area contributed by atoms with E-state index >= 15 is 0 Å². The number of hydrogen-bond donors (Lipinski definition) is 2. The summed E-state index contributed by atoms with van der Waals surface area (Å²) in [7, 11) is 0. The molecular formula is C20H30O4. The molecule has 1 saturated heterocycles. The maximum atomic E-state index is 12.4. The van der Waals surface area contributed by atoms with Crippen LogP contribution in [0.5, 0.6) is 0 Å². The molecule has 2 bridgehead atoms. The largest absolute Gasteiger partial charge is 0.453 e. The summed E-state index contributed by atoms with van der Waals surface area (Å²) in [5.41, 5.74) is 1.62. The van der Waals surface area contributed by atoms with Gasteiger partial charge in [0, 0.05) is 5.57 Å². The smallest absolute Gasteiger partial charge is 0.334 e. The van der Waals surface area contributed by atoms with E-state index in [1.165, 1.54) is 5.57 Å². The molecule has 2 N–H and O–H groups in total. The molecule has 1 heterocycles. The standard InChI is InChI=1S/C20H30O4/c1-13-6-5-7-14(2)17(21)12-16-10-11-20(4,18(22)9-8-13)24-19(23)15(16)3/h6-7,16-18,21-22H,3,5,8-12H2,1-2,4H3/t16-,17+,18-,20-/m1/s1. The molecule has 0 spiro atoms. The highest BCUT2D eigenvalue weighted by Gasteiger charge is 2.41. The number of aliphatic hydroxyl groups is 2. The van der Waals surface area contributed by atoms with Gasteiger partial charge in [0.05, 0.1) is 12.2 Å². The highest BCUT2D eigenvalue weighted by Crippen LogP contribution is 2.37. The summed E-state index contributed by atoms with van der Waals surface area (Å²) >= 11 is 0. The van der Waals surface area contributed by atoms with Gasteiger partial charge in [-0.1, -0.05) is 24.3 Å². The fourth-order valence-corrected chi connectivity index (χ4v) is 3.43. The zero-order valence-corrected chi connectivity index (χ0v) is 15.0. The van der Waals surface area contributed by atoms with Gasteiger partial charge in [0.25, 0.3) is 0 Å². The quantitative estimate of drug-likeness (QED) is 0.404. The highest BCUT2D eigenvalue weighted by atomic mass is 16.6. The molecule has 0 amide bonds. The van der Waals surface area contributed by atoms with Gasteiger partial charge in [-0.05, 0) is 70.8 Å². The van der Waals surface area contributed by atoms with Crippen LogP contribution in [0.2, 0.25) is 0 Å². The summed E-state index contributed by atoms with van der Waals surface area (Å²) in [5.74, 6) is -0.569. The van der Waals surface area contributed by atoms with Crippen LogP contribution in [-0.2, 0) is 9.53 Å². The van der Waals surface area contributed by atoms with Crippen molar-refractivity contribution < 1.29 is 19.7 Å². The minimum absolute atomic E-state index is 0.120. The Labute approximate surface area is 144 Å². The van der Waals surface area contributed by atoms with Gasteiger partial charge in [-0.15, -0.1) is 0 Å². The minimum Gasteiger partial charge on any atom is -0.453 e. The molecule has 24 heavy (non-hydrogen) atoms. The summed E-state index contributed by atoms with van der Waals surface area (Å²) < 4.78 is 5.62. The lowest BCUT2D eigenvalue weighted by Crippen LogP contribution is -2.43. The molecule has 2 rings (SSSR count). The van der Waals surface area contributed by atoms with Gasteiger partial charge in [-0.25, -0.2) is 4.79 Å². The Morgan fingerprint density at radius 1 is 1.25 bits per heavy atom. The van der Waals surface area contributed by atoms with Gasteiger partial charge in [0.1, 0.15) is 5.60 Å². The highest BCUT2D eigenvalue weighted by molar-refractivity contribution is 5.89. The third-order valence-electron chi connectivity index (χ3n) is 5.53. The van der Waals surface area contributed by atoms with E-state index in [2.05, 4.69) is 12.7 Å². The second-order valence-electron chi connectivity index (χ2n) is 7.50. The first-order valence-corrected chi connectivity index (χ1v) is 8.83. The SMILES string of the molecule is C=C1C(=O)O[C@]2(C)CC[C@@H]1C[C@H](O)C(C)=CCC=C(C)CC[C@H]2O. The summed E-state index contributed by atoms with van der Waals surface area (Å²) in [5, 5.41) is 21.1. The molecule has 0 aromatic rings. The van der Waals surface area contributed by atoms with E-state index in [0.29, 0.717) is 31.3 Å². The first-order chi connectivity index (χ1) is 11.2. The number of hydrogen-bond acceptors (Lipinski definition) is 4. The molecule has 0 aromatic carbocycles. The average Bonchev–Trinajstić information content (AvgIpc) is 2.64. The Kier molecular flexibility index (Phi) is 6.05. The van der Waals surface area contributed by atoms with Gasteiger partial charge < -0.3 is 14.9 Å². The molecule has 1 fully saturated rings. The molecule has 0 saturated carbocycles. The number of carbonyl (C=O) groups is 1. The maximum Gasteiger partial charge on any atom is 0.334 e. The molecule has 0 aromatic heterocycles. The van der Waals surface area contributed by atoms with Crippen LogP contribution in [0.4, 0.5) is 0 Å². The molecule has 134 valence electrons. The number of esters is 1. The monoisotopic (exact) mass is 334 g/mol. The van der Waals surface area contributed by atoms with Gasteiger partial charge >= 0.3 is 5.97 Å². The van der Waals surface area contributed by atoms with Crippen LogP contribution in [0.3, 0.4) is 0 Å². The van der Waals surface area contributed by atoms with Crippen molar-refractivity contribution >= 4 is 5.97 Å². The normalized spacial score (nSPS) is 36.3. The van der Waals surface area contributed by atoms with Gasteiger partial charge in [-0.3, -0.25) is 0 Å². The van der Waals surface area contributed by atoms with Crippen LogP contribution in [0.15, 0.2) is 35.5 Å². The Morgan fingerprint density at radius 3 is 2.67 bits per heavy atom. The van der Waals surface area contributed by atoms with E-state index in [1.54, 1.807) is 6.92 Å². The van der Waals surface area contributed by atoms with E-state index in [1.807, 2.05) is 19.9 Å². The lowest BCUT2D eigenvalue weighted by Gasteiger charge is -2.33. The second kappa shape index (κ2) is 7.66. The molecule has 0 radical (unpaired) electrons. The number of carbonyl (C=O) groups excluding carboxylic acids is 1. The van der Waals surface area contributed by atoms with E-state index in [4.69, 9.17) is 4.74 Å². The summed E-state index contributed by atoms with van der Waals surface area (Å²) in [6, 6.07) is 0. The third kappa shape index (κ3) is 4.37. The zero-order valence-electron chi connectivity index (χ0n) is 15.0. The van der Waals surface area contributed by atoms with Crippen LogP contribution in [0.1, 0.15) is 59.3 Å². The van der Waals surface area contributed by atoms with Crippen molar-refractivity contribution in [3.05, 3.63) is 35.5 Å². The molecule has 4 heteroatoms. The summed E-state index contributed by atoms with van der Waals surface area (Å²) in [6.07, 6.45) is 6.65. The Bertz CT molecular complexity index is 560. The van der Waals surface area contributed by atoms with Gasteiger partial charge in [0.2, 0.25) is 0 Å². The van der Waals surface area contributed by atoms with E-state index < -0.39 is 23.8 Å². The van der Waals surface area contributed by atoms with Crippen molar-refractivity contribution in [3.8, 4) is 0 Å². The molecule has 0 unspecified atom stereocenters. The Morgan fingerprint density at radius 2 is 1.96 bits per heavy atom. The van der Waals surface area contributed by atoms with Crippen LogP contribution < -0.4 is 0 Å². The van der Waals surface area contributed by atoms with Crippen LogP contribution in [0, 0.1) is 5.92 Å². The zero-order chi connectivity index (χ0) is 17.9. The molecule has 1 aliphatic heterocycles. The topological polar surface area (TPSA) is 66.8 Å². The number of allylic oxidation sites excluding steroid dienone is 3. The van der Waals surface area contributed by atoms with Crippen molar-refractivity contribution in [2.24, 2.45) is 5.92 Å². The molecular weight excluding hydrogens is 304 g/mol. The predicted molar refractivity (Wildman–Crippen MR) is 94.4 cm³/mol. The summed E-state index contributed by atoms with van der Waals surface area (Å²) in [6.45, 7) is 9.66. The van der Waals surface area contributed by atoms with Crippen molar-refractivity contribution in [1.82, 2.24) is 0 Å². The molecule has 2 aliphatic rings. The van der Waals surface area contributed by atoms with Crippen LogP contribution in [-0.4, -0.2) is 34.0 Å². The predicted octanol–water partition coefficient (Wildman–Crippen LogP) is 3.44. The number of fused-ring (bicyclic) bond motifs is 3. The Hall–Kier alpha value is -1.39. The Balaban J connectivity index is 2.33. The fraction of sp³-hybridized carbons (Fsp3) is 0.650. The van der Waals surface area contributed by atoms with E-state index in [0.717, 1.165) is 18.4 Å². The van der Waals surface area contributed by atoms with Crippen molar-refractivity contribution in [3.63, 3.8) is 0 Å². The lowest BCUT2D eigenvalue weighted by atomic mass is 9.83. The molecule has 4 nitrogen and oxygen atoms in total. The minimum atomic E-state index is -0.894. The number of aliphatic hydroxyl groups excluding tert-OH is 2. The summed E-state index contributed by atoms with van der Waals surface area (Å²) in [4.78, 5) is 12.4. The lowest BCUT2D eigenvalue weighted by molar-refractivity contribution is -0.165. The average molecular weight is 334 g/mol. The number of rotatable bonds is 0. The fourth-order valence-electron chi connectivity index (χ4n) is 3.43. The van der Waals surface area contributed by atoms with Crippen molar-refractivity contribution in [2.45, 2.75) is 77.1 Å². The molecule has 1 aliphatic carbocycles. The molecule has 4 atom stereocenters. The first kappa shape index (κ1) is 18.9. The van der Waals surface area contributed by atoms with Crippen molar-refractivity contribution in [2.75, 3.05) is 0 Å². The first-order valence-electron chi connectivity index (χ1n) is 8.83. The maximum absolute atomic E-state index is 12.4.